The third kappa shape index (κ3) is 4.46. The molecule has 0 atom stereocenters. The van der Waals surface area contributed by atoms with Crippen LogP contribution in [-0.4, -0.2) is 25.0 Å². The molecule has 0 aliphatic rings. The molecule has 160 valence electrons. The van der Waals surface area contributed by atoms with Crippen LogP contribution in [0.1, 0.15) is 17.2 Å². The van der Waals surface area contributed by atoms with Gasteiger partial charge in [0.05, 0.1) is 18.6 Å². The average Bonchev–Trinajstić information content (AvgIpc) is 3.56. The van der Waals surface area contributed by atoms with E-state index in [0.29, 0.717) is 29.1 Å². The summed E-state index contributed by atoms with van der Waals surface area (Å²) in [5.74, 6) is 3.02. The third-order valence-electron chi connectivity index (χ3n) is 4.80. The molecule has 2 aromatic carbocycles. The molecule has 3 heterocycles. The molecule has 5 aromatic rings. The van der Waals surface area contributed by atoms with Crippen LogP contribution in [0.2, 0.25) is 5.02 Å². The number of nitrogens with zero attached hydrogens (tertiary/aromatic N) is 5. The van der Waals surface area contributed by atoms with Crippen molar-refractivity contribution < 1.29 is 8.83 Å². The lowest BCUT2D eigenvalue weighted by Crippen LogP contribution is -2.03. The molecule has 0 fully saturated rings. The van der Waals surface area contributed by atoms with Crippen molar-refractivity contribution in [3.8, 4) is 22.8 Å². The summed E-state index contributed by atoms with van der Waals surface area (Å²) in [6.07, 6.45) is 1.65. The van der Waals surface area contributed by atoms with Gasteiger partial charge in [-0.1, -0.05) is 41.1 Å². The van der Waals surface area contributed by atoms with E-state index in [1.165, 1.54) is 17.3 Å². The second-order valence-electron chi connectivity index (χ2n) is 7.13. The predicted molar refractivity (Wildman–Crippen MR) is 122 cm³/mol. The molecule has 5 rings (SSSR count). The molecule has 0 saturated carbocycles. The summed E-state index contributed by atoms with van der Waals surface area (Å²) in [7, 11) is 0. The van der Waals surface area contributed by atoms with E-state index in [0.717, 1.165) is 27.9 Å². The topological polar surface area (TPSA) is 82.8 Å². The number of hydrogen-bond acceptors (Lipinski definition) is 7. The van der Waals surface area contributed by atoms with Crippen molar-refractivity contribution in [3.63, 3.8) is 0 Å². The van der Waals surface area contributed by atoms with Gasteiger partial charge in [0.15, 0.2) is 11.0 Å². The van der Waals surface area contributed by atoms with Crippen molar-refractivity contribution in [1.82, 2.24) is 25.0 Å². The number of rotatable bonds is 7. The highest BCUT2D eigenvalue weighted by molar-refractivity contribution is 7.98. The van der Waals surface area contributed by atoms with Gasteiger partial charge in [-0.2, -0.15) is 0 Å². The fraction of sp³-hybridized carbons (Fsp3) is 0.130. The zero-order valence-corrected chi connectivity index (χ0v) is 18.7. The summed E-state index contributed by atoms with van der Waals surface area (Å²) in [5.41, 5.74) is 2.99. The Kier molecular flexibility index (Phi) is 5.79. The fourth-order valence-corrected chi connectivity index (χ4v) is 4.06. The minimum atomic E-state index is 0.468. The predicted octanol–water partition coefficient (Wildman–Crippen LogP) is 5.89. The molecule has 0 bridgehead atoms. The number of aromatic nitrogens is 5. The van der Waals surface area contributed by atoms with Crippen LogP contribution in [0, 0.1) is 6.92 Å². The van der Waals surface area contributed by atoms with Crippen molar-refractivity contribution in [2.45, 2.75) is 24.4 Å². The minimum absolute atomic E-state index is 0.468. The van der Waals surface area contributed by atoms with Crippen molar-refractivity contribution in [2.24, 2.45) is 0 Å². The Morgan fingerprint density at radius 3 is 2.44 bits per heavy atom. The van der Waals surface area contributed by atoms with E-state index in [1.807, 2.05) is 72.2 Å². The highest BCUT2D eigenvalue weighted by atomic mass is 35.5. The molecule has 0 radical (unpaired) electrons. The molecule has 0 saturated heterocycles. The Hall–Kier alpha value is -3.36. The Bertz CT molecular complexity index is 1310. The van der Waals surface area contributed by atoms with E-state index in [-0.39, 0.29) is 0 Å². The molecule has 0 spiro atoms. The highest BCUT2D eigenvalue weighted by Crippen LogP contribution is 2.29. The molecule has 7 nitrogen and oxygen atoms in total. The van der Waals surface area contributed by atoms with Crippen LogP contribution in [0.3, 0.4) is 0 Å². The van der Waals surface area contributed by atoms with Gasteiger partial charge in [-0.05, 0) is 55.5 Å². The molecular formula is C23H18ClN5O2S. The smallest absolute Gasteiger partial charge is 0.247 e. The quantitative estimate of drug-likeness (QED) is 0.278. The van der Waals surface area contributed by atoms with Gasteiger partial charge >= 0.3 is 0 Å². The van der Waals surface area contributed by atoms with Crippen LogP contribution in [0.4, 0.5) is 0 Å². The zero-order valence-electron chi connectivity index (χ0n) is 17.1. The van der Waals surface area contributed by atoms with Crippen molar-refractivity contribution in [1.29, 1.82) is 0 Å². The second kappa shape index (κ2) is 9.02. The standard InChI is InChI=1S/C23H18ClN5O2S/c1-15-4-6-17(7-5-15)22-27-25-20(31-22)14-32-23-28-26-21(16-8-10-18(24)11-9-16)29(23)13-19-3-2-12-30-19/h2-12H,13-14H2,1H3. The first-order valence-electron chi connectivity index (χ1n) is 9.89. The molecule has 0 aliphatic heterocycles. The van der Waals surface area contributed by atoms with E-state index in [2.05, 4.69) is 20.4 Å². The zero-order chi connectivity index (χ0) is 21.9. The number of halogens is 1. The van der Waals surface area contributed by atoms with Gasteiger partial charge in [-0.15, -0.1) is 20.4 Å². The molecule has 0 aliphatic carbocycles. The maximum Gasteiger partial charge on any atom is 0.247 e. The van der Waals surface area contributed by atoms with Gasteiger partial charge in [0.1, 0.15) is 5.76 Å². The van der Waals surface area contributed by atoms with Gasteiger partial charge < -0.3 is 8.83 Å². The third-order valence-corrected chi connectivity index (χ3v) is 6.01. The number of benzene rings is 2. The molecule has 0 amide bonds. The largest absolute Gasteiger partial charge is 0.467 e. The molecule has 0 unspecified atom stereocenters. The first-order chi connectivity index (χ1) is 15.7. The summed E-state index contributed by atoms with van der Waals surface area (Å²) < 4.78 is 13.4. The van der Waals surface area contributed by atoms with Crippen molar-refractivity contribution in [2.75, 3.05) is 0 Å². The monoisotopic (exact) mass is 463 g/mol. The lowest BCUT2D eigenvalue weighted by atomic mass is 10.1. The second-order valence-corrected chi connectivity index (χ2v) is 8.51. The Morgan fingerprint density at radius 2 is 1.69 bits per heavy atom. The first kappa shape index (κ1) is 20.5. The Labute approximate surface area is 193 Å². The average molecular weight is 464 g/mol. The summed E-state index contributed by atoms with van der Waals surface area (Å²) in [6.45, 7) is 2.54. The number of furan rings is 1. The van der Waals surface area contributed by atoms with Gasteiger partial charge in [-0.25, -0.2) is 0 Å². The molecule has 3 aromatic heterocycles. The van der Waals surface area contributed by atoms with E-state index in [9.17, 15) is 0 Å². The number of hydrogen-bond donors (Lipinski definition) is 0. The normalized spacial score (nSPS) is 11.2. The molecular weight excluding hydrogens is 446 g/mol. The Morgan fingerprint density at radius 1 is 0.906 bits per heavy atom. The number of aryl methyl sites for hydroxylation is 1. The van der Waals surface area contributed by atoms with Gasteiger partial charge in [0.2, 0.25) is 11.8 Å². The summed E-state index contributed by atoms with van der Waals surface area (Å²) in [6, 6.07) is 19.3. The lowest BCUT2D eigenvalue weighted by Gasteiger charge is -2.08. The van der Waals surface area contributed by atoms with E-state index in [1.54, 1.807) is 6.26 Å². The maximum absolute atomic E-state index is 6.05. The summed E-state index contributed by atoms with van der Waals surface area (Å²) in [5, 5.41) is 18.6. The first-order valence-corrected chi connectivity index (χ1v) is 11.3. The number of thioether (sulfide) groups is 1. The highest BCUT2D eigenvalue weighted by Gasteiger charge is 2.17. The van der Waals surface area contributed by atoms with Crippen LogP contribution in [0.15, 0.2) is 80.9 Å². The van der Waals surface area contributed by atoms with Gasteiger partial charge in [-0.3, -0.25) is 4.57 Å². The summed E-state index contributed by atoms with van der Waals surface area (Å²) >= 11 is 7.52. The molecule has 32 heavy (non-hydrogen) atoms. The fourth-order valence-electron chi connectivity index (χ4n) is 3.16. The van der Waals surface area contributed by atoms with Crippen LogP contribution < -0.4 is 0 Å². The van der Waals surface area contributed by atoms with Crippen LogP contribution in [0.25, 0.3) is 22.8 Å². The molecule has 0 N–H and O–H groups in total. The van der Waals surface area contributed by atoms with E-state index in [4.69, 9.17) is 20.4 Å². The minimum Gasteiger partial charge on any atom is -0.467 e. The van der Waals surface area contributed by atoms with E-state index >= 15 is 0 Å². The SMILES string of the molecule is Cc1ccc(-c2nnc(CSc3nnc(-c4ccc(Cl)cc4)n3Cc3ccco3)o2)cc1. The van der Waals surface area contributed by atoms with E-state index < -0.39 is 0 Å². The molecule has 9 heteroatoms. The van der Waals surface area contributed by atoms with Crippen LogP contribution in [-0.2, 0) is 12.3 Å². The van der Waals surface area contributed by atoms with Crippen molar-refractivity contribution >= 4 is 23.4 Å². The maximum atomic E-state index is 6.05. The van der Waals surface area contributed by atoms with Crippen LogP contribution in [0.5, 0.6) is 0 Å². The van der Waals surface area contributed by atoms with Gasteiger partial charge in [0, 0.05) is 16.1 Å². The Balaban J connectivity index is 1.38. The van der Waals surface area contributed by atoms with Crippen molar-refractivity contribution in [3.05, 3.63) is 89.2 Å². The van der Waals surface area contributed by atoms with Gasteiger partial charge in [0.25, 0.3) is 0 Å². The summed E-state index contributed by atoms with van der Waals surface area (Å²) in [4.78, 5) is 0. The van der Waals surface area contributed by atoms with Crippen LogP contribution >= 0.6 is 23.4 Å². The lowest BCUT2D eigenvalue weighted by molar-refractivity contribution is 0.485.